The zero-order valence-corrected chi connectivity index (χ0v) is 12.6. The van der Waals surface area contributed by atoms with Crippen molar-refractivity contribution in [2.75, 3.05) is 12.3 Å². The average Bonchev–Trinajstić information content (AvgIpc) is 2.69. The molecule has 0 fully saturated rings. The van der Waals surface area contributed by atoms with E-state index in [1.165, 1.54) is 4.88 Å². The lowest BCUT2D eigenvalue weighted by molar-refractivity contribution is 0.124. The van der Waals surface area contributed by atoms with Crippen molar-refractivity contribution in [2.45, 2.75) is 20.0 Å². The van der Waals surface area contributed by atoms with Crippen molar-refractivity contribution in [3.05, 3.63) is 44.3 Å². The van der Waals surface area contributed by atoms with Crippen LogP contribution < -0.4 is 5.73 Å². The number of benzene rings is 1. The van der Waals surface area contributed by atoms with E-state index in [1.807, 2.05) is 30.6 Å². The third kappa shape index (κ3) is 3.80. The number of nitrogens with zero attached hydrogens (tertiary/aromatic N) is 1. The lowest BCUT2D eigenvalue weighted by Crippen LogP contribution is -1.99. The molecule has 5 heteroatoms. The summed E-state index contributed by atoms with van der Waals surface area (Å²) in [6, 6.07) is 5.83. The second-order valence-electron chi connectivity index (χ2n) is 4.06. The van der Waals surface area contributed by atoms with Gasteiger partial charge in [-0.15, -0.1) is 11.3 Å². The Balaban J connectivity index is 1.80. The van der Waals surface area contributed by atoms with Crippen molar-refractivity contribution in [1.29, 1.82) is 0 Å². The van der Waals surface area contributed by atoms with Gasteiger partial charge in [0.1, 0.15) is 0 Å². The molecule has 3 nitrogen and oxygen atoms in total. The minimum Gasteiger partial charge on any atom is -0.399 e. The Labute approximate surface area is 119 Å². The van der Waals surface area contributed by atoms with E-state index in [1.54, 1.807) is 11.3 Å². The summed E-state index contributed by atoms with van der Waals surface area (Å²) < 4.78 is 6.65. The predicted molar refractivity (Wildman–Crippen MR) is 78.8 cm³/mol. The van der Waals surface area contributed by atoms with Gasteiger partial charge in [0.2, 0.25) is 0 Å². The molecule has 0 radical (unpaired) electrons. The number of ether oxygens (including phenoxy) is 1. The van der Waals surface area contributed by atoms with Gasteiger partial charge in [0.15, 0.2) is 0 Å². The highest BCUT2D eigenvalue weighted by Gasteiger charge is 2.02. The van der Waals surface area contributed by atoms with Crippen LogP contribution >= 0.6 is 27.3 Å². The normalized spacial score (nSPS) is 10.8. The van der Waals surface area contributed by atoms with Crippen LogP contribution in [0, 0.1) is 6.92 Å². The molecular formula is C13H15BrN2OS. The molecule has 0 unspecified atom stereocenters. The zero-order chi connectivity index (χ0) is 13.0. The molecule has 0 aliphatic heterocycles. The molecule has 2 aromatic rings. The summed E-state index contributed by atoms with van der Waals surface area (Å²) in [5, 5.41) is 0. The van der Waals surface area contributed by atoms with Crippen LogP contribution in [0.3, 0.4) is 0 Å². The Hall–Kier alpha value is -0.910. The van der Waals surface area contributed by atoms with Gasteiger partial charge in [-0.25, -0.2) is 4.98 Å². The second kappa shape index (κ2) is 6.31. The largest absolute Gasteiger partial charge is 0.399 e. The van der Waals surface area contributed by atoms with Crippen molar-refractivity contribution in [2.24, 2.45) is 0 Å². The summed E-state index contributed by atoms with van der Waals surface area (Å²) in [6.45, 7) is 3.32. The molecule has 96 valence electrons. The van der Waals surface area contributed by atoms with Crippen LogP contribution in [0.2, 0.25) is 0 Å². The van der Waals surface area contributed by atoms with E-state index < -0.39 is 0 Å². The van der Waals surface area contributed by atoms with Crippen molar-refractivity contribution in [3.8, 4) is 0 Å². The first-order chi connectivity index (χ1) is 8.65. The molecule has 0 spiro atoms. The number of aryl methyl sites for hydroxylation is 1. The van der Waals surface area contributed by atoms with Gasteiger partial charge in [-0.2, -0.15) is 0 Å². The van der Waals surface area contributed by atoms with Crippen LogP contribution in [-0.2, 0) is 17.8 Å². The van der Waals surface area contributed by atoms with E-state index >= 15 is 0 Å². The Morgan fingerprint density at radius 1 is 1.39 bits per heavy atom. The molecule has 1 aromatic heterocycles. The molecule has 2 rings (SSSR count). The Kier molecular flexibility index (Phi) is 4.74. The maximum atomic E-state index is 5.77. The van der Waals surface area contributed by atoms with Crippen LogP contribution in [0.5, 0.6) is 0 Å². The smallest absolute Gasteiger partial charge is 0.0797 e. The Bertz CT molecular complexity index is 507. The maximum absolute atomic E-state index is 5.77. The van der Waals surface area contributed by atoms with E-state index in [-0.39, 0.29) is 0 Å². The van der Waals surface area contributed by atoms with Crippen LogP contribution in [0.1, 0.15) is 16.1 Å². The average molecular weight is 327 g/mol. The first kappa shape index (κ1) is 13.5. The monoisotopic (exact) mass is 326 g/mol. The predicted octanol–water partition coefficient (Wildman–Crippen LogP) is 3.56. The van der Waals surface area contributed by atoms with E-state index in [0.29, 0.717) is 13.2 Å². The molecule has 0 saturated heterocycles. The number of hydrogen-bond acceptors (Lipinski definition) is 4. The first-order valence-electron chi connectivity index (χ1n) is 5.67. The highest BCUT2D eigenvalue weighted by molar-refractivity contribution is 9.10. The van der Waals surface area contributed by atoms with E-state index in [0.717, 1.165) is 27.8 Å². The summed E-state index contributed by atoms with van der Waals surface area (Å²) in [7, 11) is 0. The van der Waals surface area contributed by atoms with Gasteiger partial charge >= 0.3 is 0 Å². The number of nitrogens with two attached hydrogens (primary N) is 1. The summed E-state index contributed by atoms with van der Waals surface area (Å²) in [5.41, 5.74) is 10.6. The van der Waals surface area contributed by atoms with E-state index in [2.05, 4.69) is 20.9 Å². The van der Waals surface area contributed by atoms with Gasteiger partial charge in [0.25, 0.3) is 0 Å². The number of anilines is 1. The highest BCUT2D eigenvalue weighted by Crippen LogP contribution is 2.18. The van der Waals surface area contributed by atoms with E-state index in [4.69, 9.17) is 10.5 Å². The summed E-state index contributed by atoms with van der Waals surface area (Å²) in [6.07, 6.45) is 0.917. The summed E-state index contributed by atoms with van der Waals surface area (Å²) >= 11 is 5.10. The molecule has 0 aliphatic carbocycles. The zero-order valence-electron chi connectivity index (χ0n) is 10.1. The van der Waals surface area contributed by atoms with Gasteiger partial charge in [-0.1, -0.05) is 15.9 Å². The summed E-state index contributed by atoms with van der Waals surface area (Å²) in [4.78, 5) is 5.51. The molecule has 2 N–H and O–H groups in total. The van der Waals surface area contributed by atoms with Gasteiger partial charge in [-0.05, 0) is 30.7 Å². The molecule has 0 amide bonds. The van der Waals surface area contributed by atoms with Gasteiger partial charge < -0.3 is 10.5 Å². The Morgan fingerprint density at radius 3 is 2.89 bits per heavy atom. The van der Waals surface area contributed by atoms with Crippen molar-refractivity contribution < 1.29 is 4.74 Å². The minimum absolute atomic E-state index is 0.585. The van der Waals surface area contributed by atoms with Crippen LogP contribution in [0.15, 0.2) is 28.2 Å². The number of nitrogen functional groups attached to an aromatic ring is 1. The highest BCUT2D eigenvalue weighted by atomic mass is 79.9. The summed E-state index contributed by atoms with van der Waals surface area (Å²) in [5.74, 6) is 0. The minimum atomic E-state index is 0.585. The van der Waals surface area contributed by atoms with E-state index in [9.17, 15) is 0 Å². The van der Waals surface area contributed by atoms with Gasteiger partial charge in [0, 0.05) is 21.5 Å². The fourth-order valence-corrected chi connectivity index (χ4v) is 3.00. The standard InChI is InChI=1S/C13H15BrN2OS/c1-9-13(18-8-16-9)2-3-17-7-10-4-11(14)6-12(15)5-10/h4-6,8H,2-3,7,15H2,1H3. The molecule has 0 aliphatic rings. The van der Waals surface area contributed by atoms with Gasteiger partial charge in [0.05, 0.1) is 24.4 Å². The van der Waals surface area contributed by atoms with Crippen molar-refractivity contribution >= 4 is 33.0 Å². The molecule has 0 bridgehead atoms. The second-order valence-corrected chi connectivity index (χ2v) is 5.91. The Morgan fingerprint density at radius 2 is 2.22 bits per heavy atom. The molecule has 1 heterocycles. The molecule has 0 atom stereocenters. The van der Waals surface area contributed by atoms with Crippen molar-refractivity contribution in [3.63, 3.8) is 0 Å². The van der Waals surface area contributed by atoms with Crippen LogP contribution in [0.4, 0.5) is 5.69 Å². The number of rotatable bonds is 5. The third-order valence-electron chi connectivity index (χ3n) is 2.57. The SMILES string of the molecule is Cc1ncsc1CCOCc1cc(N)cc(Br)c1. The fourth-order valence-electron chi connectivity index (χ4n) is 1.68. The van der Waals surface area contributed by atoms with Crippen molar-refractivity contribution in [1.82, 2.24) is 4.98 Å². The first-order valence-corrected chi connectivity index (χ1v) is 7.34. The number of aromatic nitrogens is 1. The third-order valence-corrected chi connectivity index (χ3v) is 4.02. The van der Waals surface area contributed by atoms with Crippen LogP contribution in [-0.4, -0.2) is 11.6 Å². The molecular weight excluding hydrogens is 312 g/mol. The number of hydrogen-bond donors (Lipinski definition) is 1. The maximum Gasteiger partial charge on any atom is 0.0797 e. The van der Waals surface area contributed by atoms with Gasteiger partial charge in [-0.3, -0.25) is 0 Å². The number of thiazole rings is 1. The molecule has 18 heavy (non-hydrogen) atoms. The lowest BCUT2D eigenvalue weighted by Gasteiger charge is -2.06. The molecule has 0 saturated carbocycles. The molecule has 1 aromatic carbocycles. The quantitative estimate of drug-likeness (QED) is 0.675. The lowest BCUT2D eigenvalue weighted by atomic mass is 10.2. The topological polar surface area (TPSA) is 48.1 Å². The fraction of sp³-hybridized carbons (Fsp3) is 0.308. The number of halogens is 1. The van der Waals surface area contributed by atoms with Crippen LogP contribution in [0.25, 0.3) is 0 Å².